The second-order valence-electron chi connectivity index (χ2n) is 3.43. The summed E-state index contributed by atoms with van der Waals surface area (Å²) in [5, 5.41) is 6.60. The van der Waals surface area contributed by atoms with Gasteiger partial charge in [-0.1, -0.05) is 37.0 Å². The molecule has 0 aliphatic carbocycles. The van der Waals surface area contributed by atoms with Crippen molar-refractivity contribution in [3.05, 3.63) is 55.2 Å². The Morgan fingerprint density at radius 1 is 1.39 bits per heavy atom. The van der Waals surface area contributed by atoms with E-state index in [1.54, 1.807) is 19.3 Å². The number of allylic oxidation sites excluding steroid dienone is 4. The van der Waals surface area contributed by atoms with Crippen LogP contribution in [-0.4, -0.2) is 13.7 Å². The Balaban J connectivity index is 2.57. The molecule has 4 heteroatoms. The van der Waals surface area contributed by atoms with Gasteiger partial charge in [-0.2, -0.15) is 5.11 Å². The van der Waals surface area contributed by atoms with Gasteiger partial charge < -0.3 is 10.1 Å². The summed E-state index contributed by atoms with van der Waals surface area (Å²) >= 11 is 0. The van der Waals surface area contributed by atoms with Gasteiger partial charge in [0.05, 0.1) is 7.11 Å². The number of methoxy groups -OCH3 is 1. The summed E-state index contributed by atoms with van der Waals surface area (Å²) in [5.74, 6) is 0.588. The van der Waals surface area contributed by atoms with Crippen molar-refractivity contribution in [2.75, 3.05) is 19.0 Å². The zero-order valence-electron chi connectivity index (χ0n) is 10.4. The van der Waals surface area contributed by atoms with E-state index < -0.39 is 0 Å². The third-order valence-electron chi connectivity index (χ3n) is 2.22. The molecule has 0 aliphatic heterocycles. The van der Waals surface area contributed by atoms with Gasteiger partial charge in [0.15, 0.2) is 0 Å². The van der Waals surface area contributed by atoms with E-state index in [2.05, 4.69) is 17.0 Å². The topological polar surface area (TPSA) is 57.5 Å². The molecule has 0 radical (unpaired) electrons. The highest BCUT2D eigenvalue weighted by atomic mass is 16.5. The molecule has 1 rings (SSSR count). The van der Waals surface area contributed by atoms with E-state index in [4.69, 9.17) is 10.3 Å². The minimum absolute atomic E-state index is 0.521. The van der Waals surface area contributed by atoms with Crippen LogP contribution in [0.2, 0.25) is 0 Å². The molecule has 0 aliphatic rings. The van der Waals surface area contributed by atoms with E-state index in [0.717, 1.165) is 5.69 Å². The Kier molecular flexibility index (Phi) is 5.97. The van der Waals surface area contributed by atoms with E-state index in [9.17, 15) is 0 Å². The predicted molar refractivity (Wildman–Crippen MR) is 74.8 cm³/mol. The van der Waals surface area contributed by atoms with Gasteiger partial charge in [0.2, 0.25) is 0 Å². The van der Waals surface area contributed by atoms with Crippen molar-refractivity contribution in [2.45, 2.75) is 0 Å². The number of hydrogen-bond acceptors (Lipinski definition) is 4. The lowest BCUT2D eigenvalue weighted by Crippen LogP contribution is -1.98. The molecule has 0 saturated heterocycles. The maximum absolute atomic E-state index is 6.99. The lowest BCUT2D eigenvalue weighted by molar-refractivity contribution is 0.416. The first-order chi connectivity index (χ1) is 8.81. The predicted octanol–water partition coefficient (Wildman–Crippen LogP) is 4.07. The van der Waals surface area contributed by atoms with Crippen molar-refractivity contribution < 1.29 is 4.74 Å². The molecule has 0 saturated carbocycles. The molecule has 0 heterocycles. The fourth-order valence-corrected chi connectivity index (χ4v) is 1.35. The Morgan fingerprint density at radius 3 is 2.89 bits per heavy atom. The van der Waals surface area contributed by atoms with Crippen molar-refractivity contribution in [1.29, 1.82) is 5.53 Å². The summed E-state index contributed by atoms with van der Waals surface area (Å²) in [6, 6.07) is 5.43. The third-order valence-corrected chi connectivity index (χ3v) is 2.22. The summed E-state index contributed by atoms with van der Waals surface area (Å²) in [6.07, 6.45) is 9.45. The number of nitrogens with zero attached hydrogens (tertiary/aromatic N) is 1. The zero-order valence-corrected chi connectivity index (χ0v) is 10.4. The number of nitrogens with one attached hydrogen (secondary N) is 2. The van der Waals surface area contributed by atoms with E-state index in [-0.39, 0.29) is 0 Å². The van der Waals surface area contributed by atoms with Crippen molar-refractivity contribution in [3.63, 3.8) is 0 Å². The maximum Gasteiger partial charge on any atom is 0.148 e. The van der Waals surface area contributed by atoms with E-state index in [1.165, 1.54) is 0 Å². The Bertz CT molecular complexity index is 464. The molecule has 0 atom stereocenters. The van der Waals surface area contributed by atoms with Gasteiger partial charge in [-0.15, -0.1) is 0 Å². The third kappa shape index (κ3) is 4.25. The molecule has 0 bridgehead atoms. The molecule has 18 heavy (non-hydrogen) atoms. The highest BCUT2D eigenvalue weighted by Gasteiger charge is 2.02. The van der Waals surface area contributed by atoms with Crippen LogP contribution in [0, 0.1) is 5.53 Å². The van der Waals surface area contributed by atoms with Crippen LogP contribution in [0.4, 0.5) is 11.4 Å². The van der Waals surface area contributed by atoms with Crippen LogP contribution in [0.3, 0.4) is 0 Å². The van der Waals surface area contributed by atoms with Crippen LogP contribution in [0.15, 0.2) is 60.3 Å². The first-order valence-corrected chi connectivity index (χ1v) is 5.55. The van der Waals surface area contributed by atoms with Crippen molar-refractivity contribution in [3.8, 4) is 5.75 Å². The monoisotopic (exact) mass is 243 g/mol. The highest BCUT2D eigenvalue weighted by molar-refractivity contribution is 5.60. The number of rotatable bonds is 7. The van der Waals surface area contributed by atoms with Gasteiger partial charge in [-0.05, 0) is 12.1 Å². The first kappa shape index (κ1) is 13.7. The quantitative estimate of drug-likeness (QED) is 0.560. The number of hydrogen-bond donors (Lipinski definition) is 2. The van der Waals surface area contributed by atoms with Crippen LogP contribution >= 0.6 is 0 Å². The van der Waals surface area contributed by atoms with E-state index in [0.29, 0.717) is 18.0 Å². The fraction of sp³-hybridized carbons (Fsp3) is 0.143. The van der Waals surface area contributed by atoms with Crippen LogP contribution in [0.1, 0.15) is 0 Å². The van der Waals surface area contributed by atoms with Gasteiger partial charge in [0.25, 0.3) is 0 Å². The van der Waals surface area contributed by atoms with Crippen LogP contribution in [0.25, 0.3) is 0 Å². The Morgan fingerprint density at radius 2 is 2.22 bits per heavy atom. The SMILES string of the molecule is C=C/C=C\C=C/CNc1ccc(N=N)c(OC)c1. The van der Waals surface area contributed by atoms with Crippen molar-refractivity contribution in [2.24, 2.45) is 5.11 Å². The summed E-state index contributed by atoms with van der Waals surface area (Å²) in [7, 11) is 1.56. The normalized spacial score (nSPS) is 10.7. The molecule has 0 fully saturated rings. The van der Waals surface area contributed by atoms with Crippen LogP contribution in [0.5, 0.6) is 5.75 Å². The number of anilines is 1. The molecule has 0 spiro atoms. The molecule has 94 valence electrons. The lowest BCUT2D eigenvalue weighted by atomic mass is 10.2. The van der Waals surface area contributed by atoms with Gasteiger partial charge in [0, 0.05) is 18.3 Å². The molecule has 4 nitrogen and oxygen atoms in total. The van der Waals surface area contributed by atoms with Crippen LogP contribution in [-0.2, 0) is 0 Å². The average molecular weight is 243 g/mol. The van der Waals surface area contributed by atoms with Crippen molar-refractivity contribution in [1.82, 2.24) is 0 Å². The highest BCUT2D eigenvalue weighted by Crippen LogP contribution is 2.29. The van der Waals surface area contributed by atoms with Crippen LogP contribution < -0.4 is 10.1 Å². The summed E-state index contributed by atoms with van der Waals surface area (Å²) in [5.41, 5.74) is 8.44. The molecule has 0 unspecified atom stereocenters. The minimum atomic E-state index is 0.521. The Labute approximate surface area is 107 Å². The van der Waals surface area contributed by atoms with Gasteiger partial charge in [-0.3, -0.25) is 0 Å². The maximum atomic E-state index is 6.99. The lowest BCUT2D eigenvalue weighted by Gasteiger charge is -2.07. The largest absolute Gasteiger partial charge is 0.494 e. The zero-order chi connectivity index (χ0) is 13.2. The number of ether oxygens (including phenoxy) is 1. The summed E-state index contributed by atoms with van der Waals surface area (Å²) < 4.78 is 5.14. The summed E-state index contributed by atoms with van der Waals surface area (Å²) in [6.45, 7) is 4.30. The smallest absolute Gasteiger partial charge is 0.148 e. The molecule has 0 amide bonds. The molecular weight excluding hydrogens is 226 g/mol. The number of benzene rings is 1. The molecule has 0 aromatic heterocycles. The fourth-order valence-electron chi connectivity index (χ4n) is 1.35. The second-order valence-corrected chi connectivity index (χ2v) is 3.43. The standard InChI is InChI=1S/C14H17N3O/c1-3-4-5-6-7-10-16-12-8-9-13(17-15)14(11-12)18-2/h3-9,11,15-16H,1,10H2,2H3/b5-4-,7-6-,17-15?. The van der Waals surface area contributed by atoms with E-state index >= 15 is 0 Å². The molecular formula is C14H17N3O. The van der Waals surface area contributed by atoms with E-state index in [1.807, 2.05) is 36.4 Å². The first-order valence-electron chi connectivity index (χ1n) is 5.55. The molecule has 2 N–H and O–H groups in total. The summed E-state index contributed by atoms with van der Waals surface area (Å²) in [4.78, 5) is 0. The van der Waals surface area contributed by atoms with Crippen molar-refractivity contribution >= 4 is 11.4 Å². The second kappa shape index (κ2) is 7.84. The molecule has 1 aromatic rings. The average Bonchev–Trinajstić information content (AvgIpc) is 2.42. The van der Waals surface area contributed by atoms with Gasteiger partial charge in [0.1, 0.15) is 11.4 Å². The molecule has 1 aromatic carbocycles. The minimum Gasteiger partial charge on any atom is -0.494 e. The van der Waals surface area contributed by atoms with Gasteiger partial charge in [-0.25, -0.2) is 5.53 Å². The Hall–Kier alpha value is -2.36. The van der Waals surface area contributed by atoms with Gasteiger partial charge >= 0.3 is 0 Å².